The minimum absolute atomic E-state index is 0.0191. The molecule has 4 saturated heterocycles. The summed E-state index contributed by atoms with van der Waals surface area (Å²) in [6, 6.07) is 6.27. The average Bonchev–Trinajstić information content (AvgIpc) is 3.75. The predicted octanol–water partition coefficient (Wildman–Crippen LogP) is 1.23. The molecule has 1 aromatic rings. The first-order valence-corrected chi connectivity index (χ1v) is 12.7. The van der Waals surface area contributed by atoms with Crippen LogP contribution in [0.4, 0.5) is 0 Å². The molecule has 0 aliphatic carbocycles. The van der Waals surface area contributed by atoms with Gasteiger partial charge in [0.2, 0.25) is 0 Å². The Morgan fingerprint density at radius 2 is 0.947 bits per heavy atom. The largest absolute Gasteiger partial charge is 0.463 e. The summed E-state index contributed by atoms with van der Waals surface area (Å²) in [5.74, 6) is -1.41. The number of hydrogen-bond donors (Lipinski definition) is 0. The van der Waals surface area contributed by atoms with Crippen molar-refractivity contribution in [3.8, 4) is 0 Å². The van der Waals surface area contributed by atoms with Crippen LogP contribution in [0.25, 0.3) is 0 Å². The highest BCUT2D eigenvalue weighted by atomic mass is 16.6. The fraction of sp³-hybridized carbons (Fsp3) is 0.615. The van der Waals surface area contributed by atoms with E-state index in [1.165, 1.54) is 6.07 Å². The van der Waals surface area contributed by atoms with Crippen LogP contribution in [0.2, 0.25) is 0 Å². The number of carbonyl (C=O) groups is 4. The molecular formula is C26H32O12. The quantitative estimate of drug-likeness (QED) is 0.137. The normalized spacial score (nSPS) is 23.7. The first kappa shape index (κ1) is 28.0. The van der Waals surface area contributed by atoms with Crippen LogP contribution >= 0.6 is 0 Å². The molecule has 4 unspecified atom stereocenters. The molecule has 4 aliphatic heterocycles. The van der Waals surface area contributed by atoms with Gasteiger partial charge in [-0.2, -0.15) is 0 Å². The van der Waals surface area contributed by atoms with Crippen molar-refractivity contribution >= 4 is 23.9 Å². The molecule has 12 heteroatoms. The summed E-state index contributed by atoms with van der Waals surface area (Å²) in [7, 11) is 0. The van der Waals surface area contributed by atoms with E-state index in [0.29, 0.717) is 76.5 Å². The highest BCUT2D eigenvalue weighted by Crippen LogP contribution is 2.14. The summed E-state index contributed by atoms with van der Waals surface area (Å²) in [5, 5.41) is 0. The summed E-state index contributed by atoms with van der Waals surface area (Å²) >= 11 is 0. The van der Waals surface area contributed by atoms with Crippen LogP contribution in [0.5, 0.6) is 0 Å². The van der Waals surface area contributed by atoms with E-state index in [4.69, 9.17) is 37.9 Å². The zero-order chi connectivity index (χ0) is 26.7. The first-order chi connectivity index (χ1) is 18.5. The number of rotatable bonds is 15. The molecule has 4 aliphatic rings. The minimum atomic E-state index is -0.472. The van der Waals surface area contributed by atoms with Gasteiger partial charge in [0, 0.05) is 12.8 Å². The number of esters is 4. The standard InChI is InChI=1S/C14H14O6.C12H18O6/c15-13(19-7-11-5-17-11)9-2-1-3-10(4-9)14(16)20-8-12-6-18-12;13-11(17-7-9-5-15-9)3-1-2-4-12(14)18-8-10-6-16-10/h1-4,11-12H,5-8H2;9-10H,1-8H2. The van der Waals surface area contributed by atoms with E-state index in [2.05, 4.69) is 0 Å². The second-order valence-electron chi connectivity index (χ2n) is 9.17. The number of carbonyl (C=O) groups excluding carboxylic acids is 4. The van der Waals surface area contributed by atoms with Crippen LogP contribution in [0.15, 0.2) is 24.3 Å². The fourth-order valence-electron chi connectivity index (χ4n) is 2.99. The van der Waals surface area contributed by atoms with Crippen molar-refractivity contribution in [1.82, 2.24) is 0 Å². The molecule has 0 amide bonds. The maximum absolute atomic E-state index is 11.8. The summed E-state index contributed by atoms with van der Waals surface area (Å²) in [5.41, 5.74) is 0.644. The van der Waals surface area contributed by atoms with E-state index < -0.39 is 11.9 Å². The van der Waals surface area contributed by atoms with Gasteiger partial charge < -0.3 is 37.9 Å². The lowest BCUT2D eigenvalue weighted by Gasteiger charge is -2.06. The van der Waals surface area contributed by atoms with Crippen LogP contribution in [0, 0.1) is 0 Å². The summed E-state index contributed by atoms with van der Waals surface area (Å²) in [6.45, 7) is 3.81. The minimum Gasteiger partial charge on any atom is -0.463 e. The third kappa shape index (κ3) is 11.5. The molecule has 0 radical (unpaired) electrons. The summed E-state index contributed by atoms with van der Waals surface area (Å²) < 4.78 is 39.8. The van der Waals surface area contributed by atoms with Crippen LogP contribution in [-0.4, -0.2) is 101 Å². The highest BCUT2D eigenvalue weighted by molar-refractivity contribution is 5.95. The van der Waals surface area contributed by atoms with Crippen molar-refractivity contribution in [2.45, 2.75) is 50.1 Å². The Labute approximate surface area is 219 Å². The van der Waals surface area contributed by atoms with Gasteiger partial charge in [-0.25, -0.2) is 9.59 Å². The van der Waals surface area contributed by atoms with Crippen LogP contribution in [0.1, 0.15) is 46.4 Å². The monoisotopic (exact) mass is 536 g/mol. The lowest BCUT2D eigenvalue weighted by atomic mass is 10.1. The number of hydrogen-bond acceptors (Lipinski definition) is 12. The van der Waals surface area contributed by atoms with Crippen molar-refractivity contribution in [3.05, 3.63) is 35.4 Å². The third-order valence-corrected chi connectivity index (χ3v) is 5.62. The van der Waals surface area contributed by atoms with Crippen molar-refractivity contribution in [3.63, 3.8) is 0 Å². The smallest absolute Gasteiger partial charge is 0.338 e. The SMILES string of the molecule is O=C(CCCCC(=O)OCC1CO1)OCC1CO1.O=C(OCC1CO1)c1cccc(C(=O)OCC2CO2)c1. The number of epoxide rings is 4. The van der Waals surface area contributed by atoms with Crippen LogP contribution < -0.4 is 0 Å². The molecule has 38 heavy (non-hydrogen) atoms. The van der Waals surface area contributed by atoms with E-state index in [9.17, 15) is 19.2 Å². The van der Waals surface area contributed by atoms with E-state index >= 15 is 0 Å². The van der Waals surface area contributed by atoms with Crippen molar-refractivity contribution < 1.29 is 57.1 Å². The predicted molar refractivity (Wildman–Crippen MR) is 126 cm³/mol. The van der Waals surface area contributed by atoms with Gasteiger partial charge >= 0.3 is 23.9 Å². The van der Waals surface area contributed by atoms with Crippen molar-refractivity contribution in [1.29, 1.82) is 0 Å². The second kappa shape index (κ2) is 14.2. The molecule has 0 spiro atoms. The van der Waals surface area contributed by atoms with Gasteiger partial charge in [0.25, 0.3) is 0 Å². The Kier molecular flexibility index (Phi) is 10.4. The van der Waals surface area contributed by atoms with Gasteiger partial charge in [0.05, 0.1) is 37.6 Å². The Hall–Kier alpha value is -3.06. The van der Waals surface area contributed by atoms with Gasteiger partial charge in [0.1, 0.15) is 50.8 Å². The van der Waals surface area contributed by atoms with Gasteiger partial charge in [-0.1, -0.05) is 6.07 Å². The molecule has 12 nitrogen and oxygen atoms in total. The number of benzene rings is 1. The fourth-order valence-corrected chi connectivity index (χ4v) is 2.99. The van der Waals surface area contributed by atoms with E-state index in [1.54, 1.807) is 18.2 Å². The maximum atomic E-state index is 11.8. The van der Waals surface area contributed by atoms with Crippen molar-refractivity contribution in [2.24, 2.45) is 0 Å². The molecule has 0 N–H and O–H groups in total. The zero-order valence-corrected chi connectivity index (χ0v) is 21.0. The van der Waals surface area contributed by atoms with Gasteiger partial charge in [-0.15, -0.1) is 0 Å². The molecule has 208 valence electrons. The van der Waals surface area contributed by atoms with Gasteiger partial charge in [-0.05, 0) is 31.0 Å². The Bertz CT molecular complexity index is 889. The van der Waals surface area contributed by atoms with Gasteiger partial charge in [-0.3, -0.25) is 9.59 Å². The van der Waals surface area contributed by atoms with Crippen molar-refractivity contribution in [2.75, 3.05) is 52.9 Å². The Balaban J connectivity index is 0.000000178. The average molecular weight is 537 g/mol. The number of ether oxygens (including phenoxy) is 8. The molecule has 0 aromatic heterocycles. The Morgan fingerprint density at radius 3 is 1.29 bits per heavy atom. The topological polar surface area (TPSA) is 155 Å². The summed E-state index contributed by atoms with van der Waals surface area (Å²) in [6.07, 6.45) is 2.20. The highest BCUT2D eigenvalue weighted by Gasteiger charge is 2.27. The Morgan fingerprint density at radius 1 is 0.605 bits per heavy atom. The molecule has 4 atom stereocenters. The van der Waals surface area contributed by atoms with Gasteiger partial charge in [0.15, 0.2) is 0 Å². The summed E-state index contributed by atoms with van der Waals surface area (Å²) in [4.78, 5) is 46.0. The second-order valence-corrected chi connectivity index (χ2v) is 9.17. The molecule has 5 rings (SSSR count). The molecular weight excluding hydrogens is 504 g/mol. The molecule has 4 fully saturated rings. The van der Waals surface area contributed by atoms with E-state index in [1.807, 2.05) is 0 Å². The lowest BCUT2D eigenvalue weighted by Crippen LogP contribution is -2.13. The molecule has 0 bridgehead atoms. The van der Waals surface area contributed by atoms with Crippen LogP contribution in [0.3, 0.4) is 0 Å². The lowest BCUT2D eigenvalue weighted by molar-refractivity contribution is -0.146. The van der Waals surface area contributed by atoms with Crippen LogP contribution in [-0.2, 0) is 47.5 Å². The molecule has 4 heterocycles. The zero-order valence-electron chi connectivity index (χ0n) is 21.0. The third-order valence-electron chi connectivity index (χ3n) is 5.62. The van der Waals surface area contributed by atoms with E-state index in [0.717, 1.165) is 0 Å². The molecule has 1 aromatic carbocycles. The molecule has 0 saturated carbocycles. The van der Waals surface area contributed by atoms with E-state index in [-0.39, 0.29) is 49.6 Å². The number of unbranched alkanes of at least 4 members (excludes halogenated alkanes) is 1. The first-order valence-electron chi connectivity index (χ1n) is 12.7. The maximum Gasteiger partial charge on any atom is 0.338 e.